The highest BCUT2D eigenvalue weighted by Gasteiger charge is 2.07. The second kappa shape index (κ2) is 4.87. The molecule has 0 saturated heterocycles. The summed E-state index contributed by atoms with van der Waals surface area (Å²) in [6.07, 6.45) is 0. The van der Waals surface area contributed by atoms with Gasteiger partial charge in [0.05, 0.1) is 0 Å². The van der Waals surface area contributed by atoms with E-state index >= 15 is 0 Å². The Balaban J connectivity index is 2.31. The number of hydrogen-bond acceptors (Lipinski definition) is 1. The van der Waals surface area contributed by atoms with Crippen LogP contribution in [0.3, 0.4) is 0 Å². The lowest BCUT2D eigenvalue weighted by Gasteiger charge is -2.11. The first kappa shape index (κ1) is 11.4. The van der Waals surface area contributed by atoms with Crippen LogP contribution in [-0.2, 0) is 5.75 Å². The van der Waals surface area contributed by atoms with Crippen molar-refractivity contribution in [1.29, 1.82) is 0 Å². The quantitative estimate of drug-likeness (QED) is 0.612. The molecule has 0 radical (unpaired) electrons. The molecule has 3 rings (SSSR count). The fourth-order valence-electron chi connectivity index (χ4n) is 2.39. The van der Waals surface area contributed by atoms with Crippen LogP contribution in [-0.4, -0.2) is 0 Å². The maximum atomic E-state index is 4.51. The first-order chi connectivity index (χ1) is 8.90. The molecule has 3 aromatic rings. The van der Waals surface area contributed by atoms with Gasteiger partial charge in [0.2, 0.25) is 0 Å². The van der Waals surface area contributed by atoms with Crippen molar-refractivity contribution in [1.82, 2.24) is 0 Å². The summed E-state index contributed by atoms with van der Waals surface area (Å²) in [5.41, 5.74) is 3.85. The molecular weight excluding hydrogens is 236 g/mol. The third kappa shape index (κ3) is 1.91. The third-order valence-electron chi connectivity index (χ3n) is 3.28. The van der Waals surface area contributed by atoms with E-state index in [0.717, 1.165) is 5.75 Å². The van der Waals surface area contributed by atoms with Crippen molar-refractivity contribution in [3.8, 4) is 11.1 Å². The Labute approximate surface area is 113 Å². The van der Waals surface area contributed by atoms with Gasteiger partial charge >= 0.3 is 0 Å². The van der Waals surface area contributed by atoms with Gasteiger partial charge in [-0.15, -0.1) is 0 Å². The Kier molecular flexibility index (Phi) is 3.07. The molecule has 0 saturated carbocycles. The van der Waals surface area contributed by atoms with E-state index < -0.39 is 0 Å². The molecule has 3 aromatic carbocycles. The molecule has 0 aromatic heterocycles. The van der Waals surface area contributed by atoms with Gasteiger partial charge in [0, 0.05) is 5.75 Å². The van der Waals surface area contributed by atoms with Crippen molar-refractivity contribution >= 4 is 23.4 Å². The van der Waals surface area contributed by atoms with Crippen LogP contribution >= 0.6 is 12.6 Å². The van der Waals surface area contributed by atoms with Gasteiger partial charge in [-0.2, -0.15) is 12.6 Å². The lowest BCUT2D eigenvalue weighted by Crippen LogP contribution is -1.88. The van der Waals surface area contributed by atoms with E-state index in [2.05, 4.69) is 73.3 Å². The van der Waals surface area contributed by atoms with Crippen molar-refractivity contribution in [2.24, 2.45) is 0 Å². The van der Waals surface area contributed by atoms with Crippen LogP contribution in [0.2, 0.25) is 0 Å². The van der Waals surface area contributed by atoms with Crippen LogP contribution in [0.5, 0.6) is 0 Å². The summed E-state index contributed by atoms with van der Waals surface area (Å²) in [5.74, 6) is 0.756. The summed E-state index contributed by atoms with van der Waals surface area (Å²) >= 11 is 4.51. The summed E-state index contributed by atoms with van der Waals surface area (Å²) < 4.78 is 0. The Morgan fingerprint density at radius 2 is 1.44 bits per heavy atom. The van der Waals surface area contributed by atoms with Crippen LogP contribution in [0.4, 0.5) is 0 Å². The van der Waals surface area contributed by atoms with Crippen molar-refractivity contribution in [2.45, 2.75) is 5.75 Å². The van der Waals surface area contributed by atoms with Crippen LogP contribution in [0.15, 0.2) is 66.7 Å². The number of benzene rings is 3. The molecule has 0 fully saturated rings. The predicted octanol–water partition coefficient (Wildman–Crippen LogP) is 4.94. The molecule has 1 heteroatoms. The van der Waals surface area contributed by atoms with E-state index in [-0.39, 0.29) is 0 Å². The minimum Gasteiger partial charge on any atom is -0.175 e. The molecule has 0 aliphatic carbocycles. The smallest absolute Gasteiger partial charge is 0.0166 e. The van der Waals surface area contributed by atoms with Gasteiger partial charge in [-0.25, -0.2) is 0 Å². The minimum absolute atomic E-state index is 0.756. The van der Waals surface area contributed by atoms with Crippen LogP contribution in [0, 0.1) is 0 Å². The molecule has 0 N–H and O–H groups in total. The van der Waals surface area contributed by atoms with Gasteiger partial charge in [0.15, 0.2) is 0 Å². The van der Waals surface area contributed by atoms with Gasteiger partial charge in [-0.1, -0.05) is 66.7 Å². The Morgan fingerprint density at radius 1 is 0.722 bits per heavy atom. The molecule has 0 spiro atoms. The molecule has 88 valence electrons. The SMILES string of the molecule is SCc1c(-c2ccccc2)ccc2ccccc12. The second-order valence-corrected chi connectivity index (χ2v) is 4.65. The van der Waals surface area contributed by atoms with Crippen LogP contribution in [0.25, 0.3) is 21.9 Å². The zero-order valence-corrected chi connectivity index (χ0v) is 10.9. The number of hydrogen-bond donors (Lipinski definition) is 1. The highest BCUT2D eigenvalue weighted by Crippen LogP contribution is 2.31. The summed E-state index contributed by atoms with van der Waals surface area (Å²) in [6.45, 7) is 0. The van der Waals surface area contributed by atoms with Gasteiger partial charge in [-0.05, 0) is 27.5 Å². The lowest BCUT2D eigenvalue weighted by atomic mass is 9.95. The zero-order valence-electron chi connectivity index (χ0n) is 10.0. The minimum atomic E-state index is 0.756. The van der Waals surface area contributed by atoms with Gasteiger partial charge < -0.3 is 0 Å². The highest BCUT2D eigenvalue weighted by molar-refractivity contribution is 7.79. The molecule has 0 atom stereocenters. The zero-order chi connectivity index (χ0) is 12.4. The Bertz CT molecular complexity index is 672. The Morgan fingerprint density at radius 3 is 2.22 bits per heavy atom. The maximum Gasteiger partial charge on any atom is 0.0166 e. The van der Waals surface area contributed by atoms with E-state index in [1.807, 2.05) is 6.07 Å². The van der Waals surface area contributed by atoms with Gasteiger partial charge in [0.1, 0.15) is 0 Å². The summed E-state index contributed by atoms with van der Waals surface area (Å²) in [6, 6.07) is 23.4. The first-order valence-corrected chi connectivity index (χ1v) is 6.70. The van der Waals surface area contributed by atoms with Gasteiger partial charge in [0.25, 0.3) is 0 Å². The monoisotopic (exact) mass is 250 g/mol. The van der Waals surface area contributed by atoms with Crippen LogP contribution < -0.4 is 0 Å². The van der Waals surface area contributed by atoms with E-state index in [4.69, 9.17) is 0 Å². The molecule has 0 unspecified atom stereocenters. The molecule has 0 bridgehead atoms. The average Bonchev–Trinajstić information content (AvgIpc) is 2.47. The fraction of sp³-hybridized carbons (Fsp3) is 0.0588. The lowest BCUT2D eigenvalue weighted by molar-refractivity contribution is 1.46. The number of thiol groups is 1. The molecule has 0 nitrogen and oxygen atoms in total. The van der Waals surface area contributed by atoms with Crippen molar-refractivity contribution in [3.63, 3.8) is 0 Å². The largest absolute Gasteiger partial charge is 0.175 e. The predicted molar refractivity (Wildman–Crippen MR) is 82.1 cm³/mol. The van der Waals surface area contributed by atoms with E-state index in [1.54, 1.807) is 0 Å². The van der Waals surface area contributed by atoms with Crippen molar-refractivity contribution in [2.75, 3.05) is 0 Å². The first-order valence-electron chi connectivity index (χ1n) is 6.07. The molecule has 0 aliphatic rings. The number of rotatable bonds is 2. The Hall–Kier alpha value is -1.73. The molecular formula is C17H14S. The third-order valence-corrected chi connectivity index (χ3v) is 3.60. The van der Waals surface area contributed by atoms with Crippen LogP contribution in [0.1, 0.15) is 5.56 Å². The standard InChI is InChI=1S/C17H14S/c18-12-17-15-9-5-4-8-14(15)10-11-16(17)13-6-2-1-3-7-13/h1-11,18H,12H2. The average molecular weight is 250 g/mol. The van der Waals surface area contributed by atoms with Gasteiger partial charge in [-0.3, -0.25) is 0 Å². The molecule has 0 amide bonds. The van der Waals surface area contributed by atoms with Crippen molar-refractivity contribution in [3.05, 3.63) is 72.3 Å². The normalized spacial score (nSPS) is 10.7. The molecule has 0 heterocycles. The summed E-state index contributed by atoms with van der Waals surface area (Å²) in [7, 11) is 0. The fourth-order valence-corrected chi connectivity index (χ4v) is 2.74. The number of fused-ring (bicyclic) bond motifs is 1. The molecule has 18 heavy (non-hydrogen) atoms. The summed E-state index contributed by atoms with van der Waals surface area (Å²) in [4.78, 5) is 0. The van der Waals surface area contributed by atoms with E-state index in [1.165, 1.54) is 27.5 Å². The van der Waals surface area contributed by atoms with E-state index in [0.29, 0.717) is 0 Å². The molecule has 0 aliphatic heterocycles. The second-order valence-electron chi connectivity index (χ2n) is 4.34. The van der Waals surface area contributed by atoms with E-state index in [9.17, 15) is 0 Å². The highest BCUT2D eigenvalue weighted by atomic mass is 32.1. The summed E-state index contributed by atoms with van der Waals surface area (Å²) in [5, 5.41) is 2.58. The topological polar surface area (TPSA) is 0 Å². The van der Waals surface area contributed by atoms with Crippen molar-refractivity contribution < 1.29 is 0 Å². The maximum absolute atomic E-state index is 4.51.